The van der Waals surface area contributed by atoms with E-state index in [0.29, 0.717) is 51.8 Å². The summed E-state index contributed by atoms with van der Waals surface area (Å²) in [6.07, 6.45) is 1.45. The van der Waals surface area contributed by atoms with Crippen molar-refractivity contribution in [2.24, 2.45) is 7.05 Å². The second-order valence-corrected chi connectivity index (χ2v) is 10.7. The zero-order valence-electron chi connectivity index (χ0n) is 19.7. The molecule has 0 amide bonds. The van der Waals surface area contributed by atoms with Gasteiger partial charge in [0.15, 0.2) is 0 Å². The summed E-state index contributed by atoms with van der Waals surface area (Å²) in [5, 5.41) is 2.08. The molecule has 9 nitrogen and oxygen atoms in total. The molecular formula is C25H29N3O6S. The largest absolute Gasteiger partial charge is 0.421 e. The molecule has 5 rings (SSSR count). The molecule has 0 saturated carbocycles. The first-order valence-electron chi connectivity index (χ1n) is 11.7. The van der Waals surface area contributed by atoms with Crippen molar-refractivity contribution in [2.75, 3.05) is 52.6 Å². The molecule has 2 aliphatic heterocycles. The number of hydrogen-bond acceptors (Lipinski definition) is 7. The number of aromatic nitrogens is 1. The van der Waals surface area contributed by atoms with Gasteiger partial charge >= 0.3 is 5.97 Å². The monoisotopic (exact) mass is 499 g/mol. The Morgan fingerprint density at radius 3 is 2.40 bits per heavy atom. The Hall–Kier alpha value is -2.76. The molecule has 2 saturated heterocycles. The van der Waals surface area contributed by atoms with E-state index in [1.54, 1.807) is 7.05 Å². The van der Waals surface area contributed by atoms with Crippen LogP contribution in [-0.2, 0) is 33.1 Å². The maximum Gasteiger partial charge on any atom is 0.360 e. The van der Waals surface area contributed by atoms with Gasteiger partial charge in [-0.15, -0.1) is 0 Å². The van der Waals surface area contributed by atoms with Crippen molar-refractivity contribution in [3.8, 4) is 5.75 Å². The van der Waals surface area contributed by atoms with E-state index in [9.17, 15) is 13.2 Å². The summed E-state index contributed by atoms with van der Waals surface area (Å²) in [4.78, 5) is 15.6. The van der Waals surface area contributed by atoms with Crippen molar-refractivity contribution < 1.29 is 27.4 Å². The van der Waals surface area contributed by atoms with Crippen LogP contribution in [0.4, 0.5) is 0 Å². The SMILES string of the molecule is Cn1cc(S(=O)(=O)N2CCOCC2)cc1C(=O)Oc1ccc2ccccc2c1CN1CCOCC1. The highest BCUT2D eigenvalue weighted by molar-refractivity contribution is 7.89. The lowest BCUT2D eigenvalue weighted by atomic mass is 10.0. The number of fused-ring (bicyclic) bond motifs is 1. The molecule has 2 aliphatic rings. The number of aryl methyl sites for hydroxylation is 1. The van der Waals surface area contributed by atoms with Gasteiger partial charge in [0.25, 0.3) is 0 Å². The molecule has 0 spiro atoms. The third-order valence-electron chi connectivity index (χ3n) is 6.48. The van der Waals surface area contributed by atoms with E-state index in [2.05, 4.69) is 4.90 Å². The van der Waals surface area contributed by atoms with Gasteiger partial charge in [-0.25, -0.2) is 13.2 Å². The number of ether oxygens (including phenoxy) is 3. The fourth-order valence-electron chi connectivity index (χ4n) is 4.52. The van der Waals surface area contributed by atoms with Gasteiger partial charge in [0, 0.05) is 51.5 Å². The minimum atomic E-state index is -3.72. The summed E-state index contributed by atoms with van der Waals surface area (Å²) in [5.41, 5.74) is 1.09. The van der Waals surface area contributed by atoms with Gasteiger partial charge in [-0.2, -0.15) is 4.31 Å². The molecule has 3 aromatic rings. The summed E-state index contributed by atoms with van der Waals surface area (Å²) >= 11 is 0. The fourth-order valence-corrected chi connectivity index (χ4v) is 6.00. The Kier molecular flexibility index (Phi) is 6.90. The number of sulfonamides is 1. The van der Waals surface area contributed by atoms with Crippen LogP contribution in [0.2, 0.25) is 0 Å². The maximum atomic E-state index is 13.2. The van der Waals surface area contributed by atoms with Crippen molar-refractivity contribution in [3.63, 3.8) is 0 Å². The summed E-state index contributed by atoms with van der Waals surface area (Å²) in [7, 11) is -2.08. The van der Waals surface area contributed by atoms with Crippen molar-refractivity contribution in [3.05, 3.63) is 59.9 Å². The summed E-state index contributed by atoms with van der Waals surface area (Å²) in [6.45, 7) is 4.86. The average Bonchev–Trinajstić information content (AvgIpc) is 3.29. The van der Waals surface area contributed by atoms with Crippen molar-refractivity contribution in [1.29, 1.82) is 0 Å². The fraction of sp³-hybridized carbons (Fsp3) is 0.400. The van der Waals surface area contributed by atoms with Crippen LogP contribution >= 0.6 is 0 Å². The summed E-state index contributed by atoms with van der Waals surface area (Å²) in [5.74, 6) is -0.131. The van der Waals surface area contributed by atoms with E-state index < -0.39 is 16.0 Å². The standard InChI is InChI=1S/C25H29N3O6S/c1-26-17-20(35(30,31)28-10-14-33-15-11-28)16-23(26)25(29)34-24-7-6-19-4-2-3-5-21(19)22(24)18-27-8-12-32-13-9-27/h2-7,16-17H,8-15,18H2,1H3. The zero-order chi connectivity index (χ0) is 24.4. The van der Waals surface area contributed by atoms with Crippen LogP contribution in [0.1, 0.15) is 16.1 Å². The number of nitrogens with zero attached hydrogens (tertiary/aromatic N) is 3. The lowest BCUT2D eigenvalue weighted by Crippen LogP contribution is -2.40. The smallest absolute Gasteiger partial charge is 0.360 e. The Morgan fingerprint density at radius 2 is 1.66 bits per heavy atom. The molecule has 0 radical (unpaired) electrons. The highest BCUT2D eigenvalue weighted by Crippen LogP contribution is 2.31. The molecule has 2 aromatic carbocycles. The van der Waals surface area contributed by atoms with Crippen LogP contribution in [0.15, 0.2) is 53.6 Å². The van der Waals surface area contributed by atoms with Crippen LogP contribution in [0, 0.1) is 0 Å². The van der Waals surface area contributed by atoms with Gasteiger partial charge in [-0.05, 0) is 22.9 Å². The van der Waals surface area contributed by atoms with Gasteiger partial charge in [-0.3, -0.25) is 4.90 Å². The molecule has 2 fully saturated rings. The minimum absolute atomic E-state index is 0.0703. The molecule has 3 heterocycles. The third kappa shape index (κ3) is 4.98. The second-order valence-electron chi connectivity index (χ2n) is 8.73. The molecule has 0 N–H and O–H groups in total. The lowest BCUT2D eigenvalue weighted by molar-refractivity contribution is 0.0338. The minimum Gasteiger partial charge on any atom is -0.421 e. The van der Waals surface area contributed by atoms with Gasteiger partial charge in [-0.1, -0.05) is 30.3 Å². The first-order valence-corrected chi connectivity index (χ1v) is 13.1. The normalized spacial score (nSPS) is 18.1. The first kappa shape index (κ1) is 24.0. The Labute approximate surface area is 204 Å². The molecular weight excluding hydrogens is 470 g/mol. The first-order chi connectivity index (χ1) is 16.9. The highest BCUT2D eigenvalue weighted by atomic mass is 32.2. The number of rotatable bonds is 6. The predicted molar refractivity (Wildman–Crippen MR) is 130 cm³/mol. The van der Waals surface area contributed by atoms with E-state index in [1.165, 1.54) is 21.1 Å². The Morgan fingerprint density at radius 1 is 0.971 bits per heavy atom. The topological polar surface area (TPSA) is 90.3 Å². The molecule has 0 aliphatic carbocycles. The quantitative estimate of drug-likeness (QED) is 0.380. The Bertz CT molecular complexity index is 1320. The predicted octanol–water partition coefficient (Wildman–Crippen LogP) is 2.25. The van der Waals surface area contributed by atoms with E-state index in [0.717, 1.165) is 29.4 Å². The third-order valence-corrected chi connectivity index (χ3v) is 8.35. The molecule has 35 heavy (non-hydrogen) atoms. The van der Waals surface area contributed by atoms with Crippen LogP contribution in [0.3, 0.4) is 0 Å². The highest BCUT2D eigenvalue weighted by Gasteiger charge is 2.29. The summed E-state index contributed by atoms with van der Waals surface area (Å²) in [6, 6.07) is 13.1. The van der Waals surface area contributed by atoms with Gasteiger partial charge < -0.3 is 18.8 Å². The van der Waals surface area contributed by atoms with E-state index in [4.69, 9.17) is 14.2 Å². The van der Waals surface area contributed by atoms with Gasteiger partial charge in [0.2, 0.25) is 10.0 Å². The summed E-state index contributed by atoms with van der Waals surface area (Å²) < 4.78 is 45.6. The maximum absolute atomic E-state index is 13.2. The molecule has 0 atom stereocenters. The number of morpholine rings is 2. The lowest BCUT2D eigenvalue weighted by Gasteiger charge is -2.27. The van der Waals surface area contributed by atoms with Crippen molar-refractivity contribution in [1.82, 2.24) is 13.8 Å². The number of carbonyl (C=O) groups is 1. The molecule has 10 heteroatoms. The number of esters is 1. The number of hydrogen-bond donors (Lipinski definition) is 0. The van der Waals surface area contributed by atoms with Crippen LogP contribution in [-0.4, -0.2) is 80.8 Å². The molecule has 186 valence electrons. The molecule has 0 unspecified atom stereocenters. The van der Waals surface area contributed by atoms with E-state index >= 15 is 0 Å². The van der Waals surface area contributed by atoms with E-state index in [-0.39, 0.29) is 10.6 Å². The van der Waals surface area contributed by atoms with Crippen molar-refractivity contribution >= 4 is 26.8 Å². The second kappa shape index (κ2) is 10.1. The Balaban J connectivity index is 1.43. The van der Waals surface area contributed by atoms with Crippen LogP contribution in [0.5, 0.6) is 5.75 Å². The van der Waals surface area contributed by atoms with Gasteiger partial charge in [0.1, 0.15) is 16.3 Å². The van der Waals surface area contributed by atoms with Gasteiger partial charge in [0.05, 0.1) is 26.4 Å². The average molecular weight is 500 g/mol. The van der Waals surface area contributed by atoms with E-state index in [1.807, 2.05) is 36.4 Å². The zero-order valence-corrected chi connectivity index (χ0v) is 20.5. The molecule has 1 aromatic heterocycles. The van der Waals surface area contributed by atoms with Crippen molar-refractivity contribution in [2.45, 2.75) is 11.4 Å². The van der Waals surface area contributed by atoms with Crippen LogP contribution in [0.25, 0.3) is 10.8 Å². The molecule has 0 bridgehead atoms. The number of carbonyl (C=O) groups excluding carboxylic acids is 1. The number of benzene rings is 2. The van der Waals surface area contributed by atoms with Crippen LogP contribution < -0.4 is 4.74 Å².